The fourth-order valence-corrected chi connectivity index (χ4v) is 3.36. The fourth-order valence-electron chi connectivity index (χ4n) is 3.36. The summed E-state index contributed by atoms with van der Waals surface area (Å²) in [6, 6.07) is 6.50. The number of rotatable bonds is 4. The number of fused-ring (bicyclic) bond motifs is 1. The summed E-state index contributed by atoms with van der Waals surface area (Å²) in [4.78, 5) is 20.4. The molecule has 0 atom stereocenters. The highest BCUT2D eigenvalue weighted by molar-refractivity contribution is 5.90. The van der Waals surface area contributed by atoms with E-state index in [4.69, 9.17) is 0 Å². The Balaban J connectivity index is 1.58. The first-order chi connectivity index (χ1) is 13.1. The Bertz CT molecular complexity index is 942. The third-order valence-electron chi connectivity index (χ3n) is 4.73. The van der Waals surface area contributed by atoms with Crippen molar-refractivity contribution in [1.29, 1.82) is 0 Å². The molecule has 2 aromatic heterocycles. The maximum absolute atomic E-state index is 12.0. The van der Waals surface area contributed by atoms with Gasteiger partial charge in [-0.3, -0.25) is 4.79 Å². The van der Waals surface area contributed by atoms with E-state index >= 15 is 0 Å². The van der Waals surface area contributed by atoms with Crippen LogP contribution in [0.4, 0.5) is 0 Å². The molecule has 3 heterocycles. The van der Waals surface area contributed by atoms with E-state index in [1.165, 1.54) is 0 Å². The van der Waals surface area contributed by atoms with Gasteiger partial charge in [-0.05, 0) is 57.5 Å². The first-order valence-corrected chi connectivity index (χ1v) is 9.31. The fraction of sp³-hybridized carbons (Fsp3) is 0.421. The normalized spacial score (nSPS) is 15.4. The molecule has 1 aliphatic rings. The molecule has 3 aromatic rings. The number of carbonyl (C=O) groups excluding carboxylic acids is 1. The van der Waals surface area contributed by atoms with E-state index in [-0.39, 0.29) is 17.8 Å². The third-order valence-corrected chi connectivity index (χ3v) is 4.73. The molecule has 8 nitrogen and oxygen atoms in total. The SMILES string of the molecule is CC(C)NC(=O)c1ncc(-c2ccc3c(c2)nnn3C2CCNCC2)cn1. The van der Waals surface area contributed by atoms with Crippen LogP contribution < -0.4 is 10.6 Å². The zero-order chi connectivity index (χ0) is 18.8. The van der Waals surface area contributed by atoms with Crippen LogP contribution in [0.3, 0.4) is 0 Å². The van der Waals surface area contributed by atoms with Gasteiger partial charge in [0.15, 0.2) is 0 Å². The summed E-state index contributed by atoms with van der Waals surface area (Å²) in [5, 5.41) is 14.9. The third kappa shape index (κ3) is 3.66. The van der Waals surface area contributed by atoms with Gasteiger partial charge in [0.25, 0.3) is 5.91 Å². The average molecular weight is 365 g/mol. The number of nitrogens with zero attached hydrogens (tertiary/aromatic N) is 5. The molecule has 1 saturated heterocycles. The topological polar surface area (TPSA) is 97.6 Å². The second-order valence-corrected chi connectivity index (χ2v) is 7.14. The quantitative estimate of drug-likeness (QED) is 0.733. The molecular formula is C19H23N7O. The Labute approximate surface area is 157 Å². The zero-order valence-corrected chi connectivity index (χ0v) is 15.5. The van der Waals surface area contributed by atoms with Crippen molar-refractivity contribution in [2.75, 3.05) is 13.1 Å². The molecule has 1 aromatic carbocycles. The van der Waals surface area contributed by atoms with Gasteiger partial charge in [0.2, 0.25) is 5.82 Å². The molecular weight excluding hydrogens is 342 g/mol. The predicted molar refractivity (Wildman–Crippen MR) is 102 cm³/mol. The van der Waals surface area contributed by atoms with Crippen molar-refractivity contribution in [2.45, 2.75) is 38.8 Å². The van der Waals surface area contributed by atoms with Gasteiger partial charge in [0, 0.05) is 24.0 Å². The van der Waals surface area contributed by atoms with Crippen molar-refractivity contribution < 1.29 is 4.79 Å². The molecule has 0 bridgehead atoms. The summed E-state index contributed by atoms with van der Waals surface area (Å²) >= 11 is 0. The van der Waals surface area contributed by atoms with E-state index in [0.717, 1.165) is 48.1 Å². The van der Waals surface area contributed by atoms with Crippen LogP contribution in [0.25, 0.3) is 22.2 Å². The smallest absolute Gasteiger partial charge is 0.289 e. The van der Waals surface area contributed by atoms with Gasteiger partial charge in [-0.1, -0.05) is 11.3 Å². The summed E-state index contributed by atoms with van der Waals surface area (Å²) in [6.45, 7) is 5.83. The Morgan fingerprint density at radius 2 is 1.93 bits per heavy atom. The summed E-state index contributed by atoms with van der Waals surface area (Å²) in [6.07, 6.45) is 5.46. The number of amides is 1. The standard InChI is InChI=1S/C19H23N7O/c1-12(2)23-19(27)18-21-10-14(11-22-18)13-3-4-17-16(9-13)24-25-26(17)15-5-7-20-8-6-15/h3-4,9-12,15,20H,5-8H2,1-2H3,(H,23,27). The number of hydrogen-bond acceptors (Lipinski definition) is 6. The highest BCUT2D eigenvalue weighted by Gasteiger charge is 2.19. The van der Waals surface area contributed by atoms with Crippen molar-refractivity contribution in [3.05, 3.63) is 36.4 Å². The summed E-state index contributed by atoms with van der Waals surface area (Å²) in [7, 11) is 0. The van der Waals surface area contributed by atoms with Crippen molar-refractivity contribution in [1.82, 2.24) is 35.6 Å². The second kappa shape index (κ2) is 7.40. The van der Waals surface area contributed by atoms with E-state index in [9.17, 15) is 4.79 Å². The van der Waals surface area contributed by atoms with Crippen molar-refractivity contribution in [3.63, 3.8) is 0 Å². The minimum absolute atomic E-state index is 0.0470. The van der Waals surface area contributed by atoms with Crippen LogP contribution in [0.1, 0.15) is 43.3 Å². The minimum atomic E-state index is -0.267. The molecule has 0 radical (unpaired) electrons. The monoisotopic (exact) mass is 365 g/mol. The van der Waals surface area contributed by atoms with Crippen LogP contribution in [-0.2, 0) is 0 Å². The molecule has 1 fully saturated rings. The maximum Gasteiger partial charge on any atom is 0.289 e. The molecule has 0 saturated carbocycles. The number of nitrogens with one attached hydrogen (secondary N) is 2. The van der Waals surface area contributed by atoms with Gasteiger partial charge >= 0.3 is 0 Å². The molecule has 1 amide bonds. The molecule has 140 valence electrons. The molecule has 2 N–H and O–H groups in total. The largest absolute Gasteiger partial charge is 0.347 e. The van der Waals surface area contributed by atoms with Gasteiger partial charge in [0.1, 0.15) is 5.52 Å². The lowest BCUT2D eigenvalue weighted by atomic mass is 10.1. The molecule has 0 aliphatic carbocycles. The van der Waals surface area contributed by atoms with Crippen LogP contribution in [0.2, 0.25) is 0 Å². The van der Waals surface area contributed by atoms with Gasteiger partial charge in [-0.2, -0.15) is 0 Å². The van der Waals surface area contributed by atoms with Crippen molar-refractivity contribution >= 4 is 16.9 Å². The second-order valence-electron chi connectivity index (χ2n) is 7.14. The average Bonchev–Trinajstić information content (AvgIpc) is 3.11. The molecule has 0 unspecified atom stereocenters. The number of piperidine rings is 1. The summed E-state index contributed by atoms with van der Waals surface area (Å²) in [5.74, 6) is -0.0951. The number of hydrogen-bond donors (Lipinski definition) is 2. The van der Waals surface area contributed by atoms with Gasteiger partial charge in [-0.15, -0.1) is 5.10 Å². The zero-order valence-electron chi connectivity index (χ0n) is 15.5. The summed E-state index contributed by atoms with van der Waals surface area (Å²) in [5.41, 5.74) is 3.69. The van der Waals surface area contributed by atoms with Crippen molar-refractivity contribution in [3.8, 4) is 11.1 Å². The number of aromatic nitrogens is 5. The summed E-state index contributed by atoms with van der Waals surface area (Å²) < 4.78 is 2.04. The van der Waals surface area contributed by atoms with E-state index in [1.807, 2.05) is 36.7 Å². The lowest BCUT2D eigenvalue weighted by molar-refractivity contribution is 0.0932. The van der Waals surface area contributed by atoms with Gasteiger partial charge in [-0.25, -0.2) is 14.6 Å². The Kier molecular flexibility index (Phi) is 4.81. The van der Waals surface area contributed by atoms with E-state index in [0.29, 0.717) is 6.04 Å². The highest BCUT2D eigenvalue weighted by atomic mass is 16.2. The van der Waals surface area contributed by atoms with Gasteiger partial charge in [0.05, 0.1) is 11.6 Å². The molecule has 8 heteroatoms. The Morgan fingerprint density at radius 1 is 1.19 bits per heavy atom. The molecule has 27 heavy (non-hydrogen) atoms. The van der Waals surface area contributed by atoms with Crippen LogP contribution in [0, 0.1) is 0 Å². The minimum Gasteiger partial charge on any atom is -0.347 e. The molecule has 0 spiro atoms. The molecule has 4 rings (SSSR count). The van der Waals surface area contributed by atoms with Gasteiger partial charge < -0.3 is 10.6 Å². The molecule has 1 aliphatic heterocycles. The van der Waals surface area contributed by atoms with E-state index in [2.05, 4.69) is 30.9 Å². The number of benzene rings is 1. The number of carbonyl (C=O) groups is 1. The van der Waals surface area contributed by atoms with Crippen LogP contribution in [0.15, 0.2) is 30.6 Å². The lowest BCUT2D eigenvalue weighted by Gasteiger charge is -2.22. The highest BCUT2D eigenvalue weighted by Crippen LogP contribution is 2.26. The lowest BCUT2D eigenvalue weighted by Crippen LogP contribution is -2.31. The first kappa shape index (κ1) is 17.5. The Hall–Kier alpha value is -2.87. The first-order valence-electron chi connectivity index (χ1n) is 9.31. The van der Waals surface area contributed by atoms with Crippen LogP contribution in [-0.4, -0.2) is 50.0 Å². The van der Waals surface area contributed by atoms with E-state index in [1.54, 1.807) is 12.4 Å². The van der Waals surface area contributed by atoms with Crippen molar-refractivity contribution in [2.24, 2.45) is 0 Å². The maximum atomic E-state index is 12.0. The van der Waals surface area contributed by atoms with Crippen LogP contribution in [0.5, 0.6) is 0 Å². The predicted octanol–water partition coefficient (Wildman–Crippen LogP) is 1.95. The van der Waals surface area contributed by atoms with Crippen LogP contribution >= 0.6 is 0 Å². The Morgan fingerprint density at radius 3 is 2.63 bits per heavy atom. The van der Waals surface area contributed by atoms with E-state index < -0.39 is 0 Å².